The van der Waals surface area contributed by atoms with Crippen molar-refractivity contribution < 1.29 is 33.7 Å². The Morgan fingerprint density at radius 2 is 1.86 bits per heavy atom. The Morgan fingerprint density at radius 1 is 1.11 bits per heavy atom. The maximum atomic E-state index is 13.1. The molecule has 0 atom stereocenters. The molecule has 1 N–H and O–H groups in total. The lowest BCUT2D eigenvalue weighted by Crippen LogP contribution is -2.34. The topological polar surface area (TPSA) is 115 Å². The lowest BCUT2D eigenvalue weighted by atomic mass is 10.2. The number of phenols is 1. The van der Waals surface area contributed by atoms with Crippen molar-refractivity contribution in [2.45, 2.75) is 20.4 Å². The Hall–Kier alpha value is -4.18. The van der Waals surface area contributed by atoms with Crippen molar-refractivity contribution >= 4 is 40.4 Å². The van der Waals surface area contributed by atoms with Gasteiger partial charge in [-0.05, 0) is 43.2 Å². The molecule has 0 radical (unpaired) electrons. The predicted molar refractivity (Wildman–Crippen MR) is 135 cm³/mol. The van der Waals surface area contributed by atoms with Gasteiger partial charge in [0.2, 0.25) is 0 Å². The van der Waals surface area contributed by atoms with E-state index in [2.05, 4.69) is 4.98 Å². The van der Waals surface area contributed by atoms with Crippen LogP contribution in [0.15, 0.2) is 54.6 Å². The van der Waals surface area contributed by atoms with Crippen LogP contribution in [0.1, 0.15) is 33.4 Å². The third kappa shape index (κ3) is 6.92. The van der Waals surface area contributed by atoms with E-state index in [1.54, 1.807) is 26.0 Å². The second kappa shape index (κ2) is 12.5. The summed E-state index contributed by atoms with van der Waals surface area (Å²) in [6, 6.07) is 13.9. The molecule has 10 heteroatoms. The van der Waals surface area contributed by atoms with Crippen molar-refractivity contribution in [1.82, 2.24) is 4.98 Å². The van der Waals surface area contributed by atoms with Crippen LogP contribution in [-0.4, -0.2) is 48.3 Å². The maximum Gasteiger partial charge on any atom is 0.350 e. The molecule has 2 aromatic carbocycles. The number of esters is 2. The van der Waals surface area contributed by atoms with Gasteiger partial charge >= 0.3 is 11.9 Å². The fourth-order valence-electron chi connectivity index (χ4n) is 3.13. The van der Waals surface area contributed by atoms with E-state index in [-0.39, 0.29) is 24.7 Å². The van der Waals surface area contributed by atoms with E-state index in [1.807, 2.05) is 30.3 Å². The number of hydrogen-bond acceptors (Lipinski definition) is 9. The maximum absolute atomic E-state index is 13.1. The van der Waals surface area contributed by atoms with Crippen LogP contribution in [-0.2, 0) is 25.6 Å². The number of benzene rings is 2. The summed E-state index contributed by atoms with van der Waals surface area (Å²) in [6.07, 6.45) is 2.65. The van der Waals surface area contributed by atoms with Crippen LogP contribution in [0.5, 0.6) is 11.5 Å². The standard InChI is InChI=1S/C26H26N2O7S/c1-4-34-25(32)24-17(2)27-26(36-24)28(15-19-8-6-5-7-9-19)22(30)16-35-23(31)13-11-18-10-12-20(29)21(14-18)33-3/h5-14,29H,4,15-16H2,1-3H3. The van der Waals surface area contributed by atoms with E-state index >= 15 is 0 Å². The number of amides is 1. The summed E-state index contributed by atoms with van der Waals surface area (Å²) in [6.45, 7) is 3.25. The van der Waals surface area contributed by atoms with Crippen LogP contribution in [0, 0.1) is 6.92 Å². The van der Waals surface area contributed by atoms with Crippen LogP contribution in [0.2, 0.25) is 0 Å². The highest BCUT2D eigenvalue weighted by molar-refractivity contribution is 7.17. The first-order valence-electron chi connectivity index (χ1n) is 11.0. The molecule has 1 heterocycles. The van der Waals surface area contributed by atoms with Crippen molar-refractivity contribution in [3.8, 4) is 11.5 Å². The fourth-order valence-corrected chi connectivity index (χ4v) is 4.11. The summed E-state index contributed by atoms with van der Waals surface area (Å²) in [4.78, 5) is 43.7. The summed E-state index contributed by atoms with van der Waals surface area (Å²) in [7, 11) is 1.42. The number of aromatic nitrogens is 1. The Morgan fingerprint density at radius 3 is 2.56 bits per heavy atom. The van der Waals surface area contributed by atoms with Crippen LogP contribution >= 0.6 is 11.3 Å². The first kappa shape index (κ1) is 26.4. The molecule has 0 aliphatic carbocycles. The average Bonchev–Trinajstić information content (AvgIpc) is 3.27. The second-order valence-electron chi connectivity index (χ2n) is 7.47. The molecule has 0 bridgehead atoms. The molecule has 0 aliphatic rings. The molecule has 3 rings (SSSR count). The lowest BCUT2D eigenvalue weighted by molar-refractivity contribution is -0.142. The van der Waals surface area contributed by atoms with E-state index in [1.165, 1.54) is 30.2 Å². The highest BCUT2D eigenvalue weighted by Gasteiger charge is 2.25. The third-order valence-electron chi connectivity index (χ3n) is 4.92. The van der Waals surface area contributed by atoms with E-state index in [9.17, 15) is 19.5 Å². The molecule has 0 fully saturated rings. The zero-order valence-corrected chi connectivity index (χ0v) is 20.9. The molecule has 1 aromatic heterocycles. The number of rotatable bonds is 10. The number of hydrogen-bond donors (Lipinski definition) is 1. The Labute approximate surface area is 212 Å². The van der Waals surface area contributed by atoms with Gasteiger partial charge in [0.05, 0.1) is 26.0 Å². The summed E-state index contributed by atoms with van der Waals surface area (Å²) < 4.78 is 15.3. The molecule has 0 saturated heterocycles. The molecule has 188 valence electrons. The van der Waals surface area contributed by atoms with Crippen molar-refractivity contribution in [2.75, 3.05) is 25.2 Å². The molecule has 1 amide bonds. The second-order valence-corrected chi connectivity index (χ2v) is 8.45. The van der Waals surface area contributed by atoms with Crippen LogP contribution < -0.4 is 9.64 Å². The molecule has 0 spiro atoms. The molecule has 0 aliphatic heterocycles. The van der Waals surface area contributed by atoms with E-state index in [4.69, 9.17) is 14.2 Å². The molecule has 36 heavy (non-hydrogen) atoms. The summed E-state index contributed by atoms with van der Waals surface area (Å²) in [5.74, 6) is -1.50. The van der Waals surface area contributed by atoms with Gasteiger partial charge in [-0.25, -0.2) is 14.6 Å². The van der Waals surface area contributed by atoms with Gasteiger partial charge in [-0.1, -0.05) is 47.7 Å². The number of anilines is 1. The van der Waals surface area contributed by atoms with Gasteiger partial charge in [0, 0.05) is 6.08 Å². The van der Waals surface area contributed by atoms with E-state index in [0.717, 1.165) is 16.9 Å². The number of phenolic OH excluding ortho intramolecular Hbond substituents is 1. The summed E-state index contributed by atoms with van der Waals surface area (Å²) >= 11 is 1.04. The SMILES string of the molecule is CCOC(=O)c1sc(N(Cc2ccccc2)C(=O)COC(=O)C=Cc2ccc(O)c(OC)c2)nc1C. The van der Waals surface area contributed by atoms with Gasteiger partial charge in [-0.2, -0.15) is 0 Å². The van der Waals surface area contributed by atoms with Crippen LogP contribution in [0.4, 0.5) is 5.13 Å². The number of nitrogens with zero attached hydrogens (tertiary/aromatic N) is 2. The van der Waals surface area contributed by atoms with Crippen molar-refractivity contribution in [1.29, 1.82) is 0 Å². The zero-order chi connectivity index (χ0) is 26.1. The molecule has 9 nitrogen and oxygen atoms in total. The van der Waals surface area contributed by atoms with Gasteiger partial charge in [-0.3, -0.25) is 9.69 Å². The molecule has 3 aromatic rings. The number of carbonyl (C=O) groups excluding carboxylic acids is 3. The predicted octanol–water partition coefficient (Wildman–Crippen LogP) is 4.13. The van der Waals surface area contributed by atoms with Gasteiger partial charge < -0.3 is 19.3 Å². The van der Waals surface area contributed by atoms with Crippen molar-refractivity contribution in [3.05, 3.63) is 76.3 Å². The highest BCUT2D eigenvalue weighted by atomic mass is 32.1. The molecular weight excluding hydrogens is 484 g/mol. The number of methoxy groups -OCH3 is 1. The quantitative estimate of drug-likeness (QED) is 0.320. The van der Waals surface area contributed by atoms with Crippen molar-refractivity contribution in [2.24, 2.45) is 0 Å². The van der Waals surface area contributed by atoms with Crippen LogP contribution in [0.3, 0.4) is 0 Å². The molecular formula is C26H26N2O7S. The summed E-state index contributed by atoms with van der Waals surface area (Å²) in [5, 5.41) is 9.97. The van der Waals surface area contributed by atoms with Crippen molar-refractivity contribution in [3.63, 3.8) is 0 Å². The van der Waals surface area contributed by atoms with Gasteiger partial charge in [0.1, 0.15) is 4.88 Å². The lowest BCUT2D eigenvalue weighted by Gasteiger charge is -2.19. The number of aromatic hydroxyl groups is 1. The fraction of sp³-hybridized carbons (Fsp3) is 0.231. The van der Waals surface area contributed by atoms with E-state index < -0.39 is 24.5 Å². The number of aryl methyl sites for hydroxylation is 1. The third-order valence-corrected chi connectivity index (χ3v) is 6.08. The molecule has 0 saturated carbocycles. The largest absolute Gasteiger partial charge is 0.504 e. The Kier molecular flexibility index (Phi) is 9.18. The summed E-state index contributed by atoms with van der Waals surface area (Å²) in [5.41, 5.74) is 1.89. The normalized spacial score (nSPS) is 10.8. The number of ether oxygens (including phenoxy) is 3. The number of carbonyl (C=O) groups is 3. The first-order valence-corrected chi connectivity index (χ1v) is 11.8. The Bertz CT molecular complexity index is 1250. The monoisotopic (exact) mass is 510 g/mol. The minimum absolute atomic E-state index is 0.0233. The average molecular weight is 511 g/mol. The van der Waals surface area contributed by atoms with E-state index in [0.29, 0.717) is 21.3 Å². The zero-order valence-electron chi connectivity index (χ0n) is 20.1. The number of thiazole rings is 1. The van der Waals surface area contributed by atoms with Crippen LogP contribution in [0.25, 0.3) is 6.08 Å². The Balaban J connectivity index is 1.73. The first-order chi connectivity index (χ1) is 17.3. The minimum Gasteiger partial charge on any atom is -0.504 e. The minimum atomic E-state index is -0.724. The highest BCUT2D eigenvalue weighted by Crippen LogP contribution is 2.29. The van der Waals surface area contributed by atoms with Gasteiger partial charge in [0.15, 0.2) is 23.2 Å². The van der Waals surface area contributed by atoms with Gasteiger partial charge in [0.25, 0.3) is 5.91 Å². The smallest absolute Gasteiger partial charge is 0.350 e. The molecule has 0 unspecified atom stereocenters. The van der Waals surface area contributed by atoms with Gasteiger partial charge in [-0.15, -0.1) is 0 Å².